The molecule has 1 heterocycles. The molecule has 0 spiro atoms. The number of fused-ring (bicyclic) bond motifs is 2. The molecular formula is C12H20O3. The Morgan fingerprint density at radius 1 is 1.47 bits per heavy atom. The van der Waals surface area contributed by atoms with Crippen molar-refractivity contribution < 1.29 is 14.6 Å². The zero-order valence-electron chi connectivity index (χ0n) is 9.96. The van der Waals surface area contributed by atoms with Crippen molar-refractivity contribution in [1.29, 1.82) is 0 Å². The third-order valence-corrected chi connectivity index (χ3v) is 5.07. The van der Waals surface area contributed by atoms with Crippen LogP contribution < -0.4 is 0 Å². The van der Waals surface area contributed by atoms with E-state index in [-0.39, 0.29) is 17.1 Å². The molecule has 2 bridgehead atoms. The SMILES string of the molecule is CC[C@@]12CO[C@@](C)(C(=O)[C@H]1C)[C@@]2(O)CC. The summed E-state index contributed by atoms with van der Waals surface area (Å²) in [5.74, 6) is -0.0221. The molecule has 4 atom stereocenters. The lowest BCUT2D eigenvalue weighted by Crippen LogP contribution is -2.53. The molecule has 0 aromatic carbocycles. The van der Waals surface area contributed by atoms with Gasteiger partial charge in [-0.1, -0.05) is 20.8 Å². The van der Waals surface area contributed by atoms with E-state index in [0.29, 0.717) is 13.0 Å². The van der Waals surface area contributed by atoms with Gasteiger partial charge in [0.1, 0.15) is 5.60 Å². The minimum Gasteiger partial charge on any atom is -0.386 e. The van der Waals surface area contributed by atoms with Crippen LogP contribution in [0.15, 0.2) is 0 Å². The summed E-state index contributed by atoms with van der Waals surface area (Å²) in [5.41, 5.74) is -2.32. The third kappa shape index (κ3) is 0.841. The number of carbonyl (C=O) groups is 1. The van der Waals surface area contributed by atoms with Gasteiger partial charge in [-0.05, 0) is 19.8 Å². The van der Waals surface area contributed by atoms with E-state index < -0.39 is 11.2 Å². The molecule has 1 aliphatic carbocycles. The van der Waals surface area contributed by atoms with E-state index in [1.54, 1.807) is 6.92 Å². The van der Waals surface area contributed by atoms with E-state index in [0.717, 1.165) is 6.42 Å². The van der Waals surface area contributed by atoms with Gasteiger partial charge in [-0.2, -0.15) is 0 Å². The second-order valence-corrected chi connectivity index (χ2v) is 5.13. The van der Waals surface area contributed by atoms with Crippen LogP contribution >= 0.6 is 0 Å². The summed E-state index contributed by atoms with van der Waals surface area (Å²) >= 11 is 0. The van der Waals surface area contributed by atoms with E-state index >= 15 is 0 Å². The van der Waals surface area contributed by atoms with Gasteiger partial charge < -0.3 is 9.84 Å². The van der Waals surface area contributed by atoms with E-state index in [1.807, 2.05) is 20.8 Å². The van der Waals surface area contributed by atoms with Crippen molar-refractivity contribution in [2.45, 2.75) is 51.7 Å². The molecule has 0 radical (unpaired) electrons. The van der Waals surface area contributed by atoms with Gasteiger partial charge in [0.05, 0.1) is 6.61 Å². The average molecular weight is 212 g/mol. The maximum absolute atomic E-state index is 12.1. The van der Waals surface area contributed by atoms with Crippen molar-refractivity contribution in [1.82, 2.24) is 0 Å². The van der Waals surface area contributed by atoms with Gasteiger partial charge in [0, 0.05) is 11.3 Å². The molecule has 3 heteroatoms. The number of carbonyl (C=O) groups excluding carboxylic acids is 1. The Morgan fingerprint density at radius 3 is 2.47 bits per heavy atom. The molecule has 2 aliphatic rings. The molecule has 86 valence electrons. The van der Waals surface area contributed by atoms with Crippen LogP contribution in [0.1, 0.15) is 40.5 Å². The predicted molar refractivity (Wildman–Crippen MR) is 56.5 cm³/mol. The third-order valence-electron chi connectivity index (χ3n) is 5.07. The van der Waals surface area contributed by atoms with Crippen LogP contribution in [-0.2, 0) is 9.53 Å². The molecule has 1 saturated heterocycles. The maximum Gasteiger partial charge on any atom is 0.170 e. The Kier molecular flexibility index (Phi) is 2.09. The standard InChI is InChI=1S/C12H20O3/c1-5-11-7-15-10(4,9(13)8(11)3)12(11,14)6-2/h8,14H,5-7H2,1-4H3/t8-,10+,11-,12+/m1/s1. The molecule has 1 N–H and O–H groups in total. The highest BCUT2D eigenvalue weighted by Crippen LogP contribution is 2.63. The first-order valence-electron chi connectivity index (χ1n) is 5.80. The van der Waals surface area contributed by atoms with Crippen molar-refractivity contribution in [2.75, 3.05) is 6.61 Å². The van der Waals surface area contributed by atoms with Gasteiger partial charge in [-0.25, -0.2) is 0 Å². The van der Waals surface area contributed by atoms with Crippen LogP contribution in [0.2, 0.25) is 0 Å². The van der Waals surface area contributed by atoms with Crippen molar-refractivity contribution in [2.24, 2.45) is 11.3 Å². The van der Waals surface area contributed by atoms with Crippen LogP contribution in [0.4, 0.5) is 0 Å². The fraction of sp³-hybridized carbons (Fsp3) is 0.917. The Morgan fingerprint density at radius 2 is 2.07 bits per heavy atom. The van der Waals surface area contributed by atoms with E-state index in [9.17, 15) is 9.90 Å². The second-order valence-electron chi connectivity index (χ2n) is 5.13. The Bertz CT molecular complexity index is 310. The summed E-state index contributed by atoms with van der Waals surface area (Å²) in [7, 11) is 0. The fourth-order valence-corrected chi connectivity index (χ4v) is 3.80. The average Bonchev–Trinajstić information content (AvgIpc) is 2.54. The summed E-state index contributed by atoms with van der Waals surface area (Å²) in [6.45, 7) is 8.16. The van der Waals surface area contributed by atoms with Crippen LogP contribution in [0.5, 0.6) is 0 Å². The van der Waals surface area contributed by atoms with Gasteiger partial charge in [0.25, 0.3) is 0 Å². The molecule has 3 nitrogen and oxygen atoms in total. The van der Waals surface area contributed by atoms with E-state index in [2.05, 4.69) is 0 Å². The van der Waals surface area contributed by atoms with E-state index in [4.69, 9.17) is 4.74 Å². The lowest BCUT2D eigenvalue weighted by molar-refractivity contribution is -0.153. The first-order valence-corrected chi connectivity index (χ1v) is 5.80. The van der Waals surface area contributed by atoms with Gasteiger partial charge >= 0.3 is 0 Å². The first-order chi connectivity index (χ1) is 6.89. The Balaban J connectivity index is 2.60. The first kappa shape index (κ1) is 11.1. The number of ether oxygens (including phenoxy) is 1. The monoisotopic (exact) mass is 212 g/mol. The van der Waals surface area contributed by atoms with Crippen molar-refractivity contribution in [3.8, 4) is 0 Å². The second kappa shape index (κ2) is 2.83. The lowest BCUT2D eigenvalue weighted by Gasteiger charge is -2.39. The van der Waals surface area contributed by atoms with Crippen molar-refractivity contribution >= 4 is 5.78 Å². The number of rotatable bonds is 2. The summed E-state index contributed by atoms with van der Waals surface area (Å²) in [5, 5.41) is 10.8. The molecule has 0 aromatic rings. The largest absolute Gasteiger partial charge is 0.386 e. The van der Waals surface area contributed by atoms with Crippen molar-refractivity contribution in [3.05, 3.63) is 0 Å². The van der Waals surface area contributed by atoms with Crippen LogP contribution in [0.25, 0.3) is 0 Å². The van der Waals surface area contributed by atoms with Crippen molar-refractivity contribution in [3.63, 3.8) is 0 Å². The highest BCUT2D eigenvalue weighted by atomic mass is 16.5. The van der Waals surface area contributed by atoms with E-state index in [1.165, 1.54) is 0 Å². The van der Waals surface area contributed by atoms with Crippen LogP contribution in [0.3, 0.4) is 0 Å². The van der Waals surface area contributed by atoms with Gasteiger partial charge in [-0.15, -0.1) is 0 Å². The quantitative estimate of drug-likeness (QED) is 0.755. The lowest BCUT2D eigenvalue weighted by atomic mass is 9.67. The number of aliphatic hydroxyl groups is 1. The number of Topliss-reactive ketones (excluding diaryl/α,β-unsaturated/α-hetero) is 1. The zero-order valence-corrected chi connectivity index (χ0v) is 9.96. The summed E-state index contributed by atoms with van der Waals surface area (Å²) < 4.78 is 5.62. The number of hydrogen-bond acceptors (Lipinski definition) is 3. The normalized spacial score (nSPS) is 53.9. The molecule has 2 rings (SSSR count). The minimum absolute atomic E-state index is 0.0694. The minimum atomic E-state index is -0.981. The van der Waals surface area contributed by atoms with Gasteiger partial charge in [0.15, 0.2) is 11.4 Å². The molecule has 15 heavy (non-hydrogen) atoms. The summed E-state index contributed by atoms with van der Waals surface area (Å²) in [6, 6.07) is 0. The molecule has 1 aliphatic heterocycles. The number of ketones is 1. The summed E-state index contributed by atoms with van der Waals surface area (Å²) in [6.07, 6.45) is 1.37. The number of hydrogen-bond donors (Lipinski definition) is 1. The molecule has 2 fully saturated rings. The van der Waals surface area contributed by atoms with Gasteiger partial charge in [-0.3, -0.25) is 4.79 Å². The molecular weight excluding hydrogens is 192 g/mol. The highest BCUT2D eigenvalue weighted by Gasteiger charge is 2.77. The predicted octanol–water partition coefficient (Wildman–Crippen LogP) is 1.53. The molecule has 0 amide bonds. The molecule has 0 unspecified atom stereocenters. The Hall–Kier alpha value is -0.410. The topological polar surface area (TPSA) is 46.5 Å². The summed E-state index contributed by atoms with van der Waals surface area (Å²) in [4.78, 5) is 12.1. The van der Waals surface area contributed by atoms with Gasteiger partial charge in [0.2, 0.25) is 0 Å². The van der Waals surface area contributed by atoms with Crippen LogP contribution in [-0.4, -0.2) is 28.7 Å². The fourth-order valence-electron chi connectivity index (χ4n) is 3.80. The molecule has 1 saturated carbocycles. The zero-order chi connectivity index (χ0) is 11.5. The molecule has 0 aromatic heterocycles. The Labute approximate surface area is 90.8 Å². The van der Waals surface area contributed by atoms with Crippen LogP contribution in [0, 0.1) is 11.3 Å². The maximum atomic E-state index is 12.1. The highest BCUT2D eigenvalue weighted by molar-refractivity contribution is 5.95. The smallest absolute Gasteiger partial charge is 0.170 e.